The number of amides is 1. The van der Waals surface area contributed by atoms with Crippen molar-refractivity contribution >= 4 is 27.5 Å². The number of rotatable bonds is 5. The van der Waals surface area contributed by atoms with Gasteiger partial charge in [-0.25, -0.2) is 8.78 Å². The lowest BCUT2D eigenvalue weighted by Gasteiger charge is -2.17. The van der Waals surface area contributed by atoms with E-state index < -0.39 is 17.7 Å². The Morgan fingerprint density at radius 3 is 2.39 bits per heavy atom. The summed E-state index contributed by atoms with van der Waals surface area (Å²) in [7, 11) is 0. The van der Waals surface area contributed by atoms with E-state index in [-0.39, 0.29) is 11.9 Å². The van der Waals surface area contributed by atoms with Crippen molar-refractivity contribution in [3.63, 3.8) is 0 Å². The standard InChI is InChI=1S/C17H17BrF2N2O/c1-10(15-8-5-13(19)9-16(15)20)21-11(2)17(23)22-14-6-3-12(18)4-7-14/h3-11,21H,1-2H3,(H,22,23)/p+1/t10-,11+/m1/s1. The minimum absolute atomic E-state index is 0.179. The van der Waals surface area contributed by atoms with Crippen LogP contribution < -0.4 is 10.6 Å². The van der Waals surface area contributed by atoms with E-state index in [1.54, 1.807) is 31.3 Å². The van der Waals surface area contributed by atoms with E-state index >= 15 is 0 Å². The zero-order valence-corrected chi connectivity index (χ0v) is 14.4. The van der Waals surface area contributed by atoms with Gasteiger partial charge in [0.15, 0.2) is 6.04 Å². The van der Waals surface area contributed by atoms with Gasteiger partial charge in [0.25, 0.3) is 5.91 Å². The average Bonchev–Trinajstić information content (AvgIpc) is 2.49. The summed E-state index contributed by atoms with van der Waals surface area (Å²) in [4.78, 5) is 12.2. The van der Waals surface area contributed by atoms with Gasteiger partial charge in [0.1, 0.15) is 17.7 Å². The van der Waals surface area contributed by atoms with E-state index in [0.29, 0.717) is 11.3 Å². The number of carbonyl (C=O) groups is 1. The molecule has 23 heavy (non-hydrogen) atoms. The molecule has 1 amide bonds. The number of quaternary nitrogens is 1. The number of nitrogens with two attached hydrogens (primary N) is 1. The molecular formula is C17H18BrF2N2O+. The fourth-order valence-electron chi connectivity index (χ4n) is 2.28. The van der Waals surface area contributed by atoms with Gasteiger partial charge in [-0.1, -0.05) is 15.9 Å². The quantitative estimate of drug-likeness (QED) is 0.816. The van der Waals surface area contributed by atoms with Gasteiger partial charge in [0, 0.05) is 21.8 Å². The normalized spacial score (nSPS) is 13.4. The summed E-state index contributed by atoms with van der Waals surface area (Å²) in [6, 6.07) is 10.0. The van der Waals surface area contributed by atoms with Crippen LogP contribution >= 0.6 is 15.9 Å². The summed E-state index contributed by atoms with van der Waals surface area (Å²) in [6.07, 6.45) is 0. The Hall–Kier alpha value is -1.79. The SMILES string of the molecule is C[C@H]([NH2+][C@H](C)c1ccc(F)cc1F)C(=O)Nc1ccc(Br)cc1. The monoisotopic (exact) mass is 383 g/mol. The lowest BCUT2D eigenvalue weighted by molar-refractivity contribution is -0.710. The van der Waals surface area contributed by atoms with Crippen LogP contribution in [0.15, 0.2) is 46.9 Å². The van der Waals surface area contributed by atoms with Crippen molar-refractivity contribution in [3.8, 4) is 0 Å². The first-order chi connectivity index (χ1) is 10.9. The van der Waals surface area contributed by atoms with Gasteiger partial charge in [-0.15, -0.1) is 0 Å². The van der Waals surface area contributed by atoms with Crippen molar-refractivity contribution in [1.29, 1.82) is 0 Å². The summed E-state index contributed by atoms with van der Waals surface area (Å²) in [5, 5.41) is 4.55. The van der Waals surface area contributed by atoms with E-state index in [1.807, 2.05) is 12.1 Å². The molecular weight excluding hydrogens is 366 g/mol. The molecule has 0 fully saturated rings. The largest absolute Gasteiger partial charge is 0.330 e. The third-order valence-corrected chi connectivity index (χ3v) is 4.08. The highest BCUT2D eigenvalue weighted by molar-refractivity contribution is 9.10. The molecule has 3 nitrogen and oxygen atoms in total. The first kappa shape index (κ1) is 17.6. The second kappa shape index (κ2) is 7.66. The van der Waals surface area contributed by atoms with Gasteiger partial charge in [-0.3, -0.25) is 4.79 Å². The van der Waals surface area contributed by atoms with Crippen LogP contribution in [0.1, 0.15) is 25.5 Å². The molecule has 0 unspecified atom stereocenters. The average molecular weight is 384 g/mol. The molecule has 2 aromatic rings. The zero-order valence-electron chi connectivity index (χ0n) is 12.8. The predicted molar refractivity (Wildman–Crippen MR) is 88.9 cm³/mol. The smallest absolute Gasteiger partial charge is 0.282 e. The Balaban J connectivity index is 1.98. The van der Waals surface area contributed by atoms with Gasteiger partial charge in [-0.2, -0.15) is 0 Å². The molecule has 122 valence electrons. The van der Waals surface area contributed by atoms with Gasteiger partial charge < -0.3 is 10.6 Å². The van der Waals surface area contributed by atoms with Crippen LogP contribution in [0.4, 0.5) is 14.5 Å². The number of benzene rings is 2. The van der Waals surface area contributed by atoms with E-state index in [1.165, 1.54) is 12.1 Å². The second-order valence-corrected chi connectivity index (χ2v) is 6.35. The molecule has 0 heterocycles. The zero-order chi connectivity index (χ0) is 17.0. The topological polar surface area (TPSA) is 45.7 Å². The molecule has 0 aliphatic heterocycles. The maximum absolute atomic E-state index is 13.8. The van der Waals surface area contributed by atoms with Gasteiger partial charge >= 0.3 is 0 Å². The first-order valence-corrected chi connectivity index (χ1v) is 8.02. The summed E-state index contributed by atoms with van der Waals surface area (Å²) in [5.41, 5.74) is 1.06. The van der Waals surface area contributed by atoms with E-state index in [9.17, 15) is 13.6 Å². The third-order valence-electron chi connectivity index (χ3n) is 3.56. The summed E-state index contributed by atoms with van der Waals surface area (Å²) < 4.78 is 27.7. The fraction of sp³-hybridized carbons (Fsp3) is 0.235. The molecule has 0 aliphatic rings. The van der Waals surface area contributed by atoms with Crippen LogP contribution in [0.25, 0.3) is 0 Å². The van der Waals surface area contributed by atoms with Crippen molar-refractivity contribution in [1.82, 2.24) is 0 Å². The molecule has 2 aromatic carbocycles. The van der Waals surface area contributed by atoms with Crippen LogP contribution in [-0.2, 0) is 4.79 Å². The Labute approximate surface area is 142 Å². The fourth-order valence-corrected chi connectivity index (χ4v) is 2.55. The van der Waals surface area contributed by atoms with Crippen LogP contribution in [-0.4, -0.2) is 11.9 Å². The minimum atomic E-state index is -0.612. The van der Waals surface area contributed by atoms with Crippen molar-refractivity contribution in [2.45, 2.75) is 25.9 Å². The van der Waals surface area contributed by atoms with Crippen molar-refractivity contribution in [3.05, 3.63) is 64.1 Å². The molecule has 0 spiro atoms. The molecule has 0 aromatic heterocycles. The highest BCUT2D eigenvalue weighted by Gasteiger charge is 2.22. The van der Waals surface area contributed by atoms with E-state index in [4.69, 9.17) is 0 Å². The minimum Gasteiger partial charge on any atom is -0.330 e. The van der Waals surface area contributed by atoms with Gasteiger partial charge in [-0.05, 0) is 50.2 Å². The van der Waals surface area contributed by atoms with Crippen LogP contribution in [0, 0.1) is 11.6 Å². The van der Waals surface area contributed by atoms with Crippen molar-refractivity contribution < 1.29 is 18.9 Å². The summed E-state index contributed by atoms with van der Waals surface area (Å²) in [6.45, 7) is 3.52. The number of hydrogen-bond acceptors (Lipinski definition) is 1. The molecule has 2 atom stereocenters. The number of halogens is 3. The van der Waals surface area contributed by atoms with Crippen molar-refractivity contribution in [2.24, 2.45) is 0 Å². The first-order valence-electron chi connectivity index (χ1n) is 7.23. The molecule has 0 saturated carbocycles. The molecule has 0 radical (unpaired) electrons. The van der Waals surface area contributed by atoms with E-state index in [0.717, 1.165) is 10.5 Å². The van der Waals surface area contributed by atoms with Crippen molar-refractivity contribution in [2.75, 3.05) is 5.32 Å². The van der Waals surface area contributed by atoms with Crippen LogP contribution in [0.5, 0.6) is 0 Å². The third kappa shape index (κ3) is 4.84. The van der Waals surface area contributed by atoms with Gasteiger partial charge in [0.2, 0.25) is 0 Å². The molecule has 6 heteroatoms. The maximum atomic E-state index is 13.8. The Morgan fingerprint density at radius 2 is 1.78 bits per heavy atom. The lowest BCUT2D eigenvalue weighted by atomic mass is 10.1. The molecule has 0 aliphatic carbocycles. The summed E-state index contributed by atoms with van der Waals surface area (Å²) >= 11 is 3.33. The molecule has 0 saturated heterocycles. The second-order valence-electron chi connectivity index (χ2n) is 5.43. The highest BCUT2D eigenvalue weighted by atomic mass is 79.9. The van der Waals surface area contributed by atoms with E-state index in [2.05, 4.69) is 21.2 Å². The van der Waals surface area contributed by atoms with Crippen LogP contribution in [0.2, 0.25) is 0 Å². The Morgan fingerprint density at radius 1 is 1.13 bits per heavy atom. The van der Waals surface area contributed by atoms with Gasteiger partial charge in [0.05, 0.1) is 0 Å². The number of nitrogens with one attached hydrogen (secondary N) is 1. The number of anilines is 1. The lowest BCUT2D eigenvalue weighted by Crippen LogP contribution is -2.91. The Kier molecular flexibility index (Phi) is 5.85. The molecule has 3 N–H and O–H groups in total. The molecule has 0 bridgehead atoms. The Bertz CT molecular complexity index is 691. The number of carbonyl (C=O) groups excluding carboxylic acids is 1. The van der Waals surface area contributed by atoms with Crippen LogP contribution in [0.3, 0.4) is 0 Å². The number of hydrogen-bond donors (Lipinski definition) is 2. The highest BCUT2D eigenvalue weighted by Crippen LogP contribution is 2.16. The molecule has 2 rings (SSSR count). The predicted octanol–water partition coefficient (Wildman–Crippen LogP) is 3.38. The maximum Gasteiger partial charge on any atom is 0.282 e. The summed E-state index contributed by atoms with van der Waals surface area (Å²) in [5.74, 6) is -1.39.